The summed E-state index contributed by atoms with van der Waals surface area (Å²) in [5.41, 5.74) is 0. The van der Waals surface area contributed by atoms with Gasteiger partial charge in [0.2, 0.25) is 5.91 Å². The van der Waals surface area contributed by atoms with Gasteiger partial charge in [-0.25, -0.2) is 0 Å². The van der Waals surface area contributed by atoms with Gasteiger partial charge in [-0.2, -0.15) is 0 Å². The second kappa shape index (κ2) is 18.1. The third-order valence-corrected chi connectivity index (χ3v) is 9.83. The molecular weight excluding hydrogens is 468 g/mol. The first-order chi connectivity index (χ1) is 15.5. The monoisotopic (exact) mass is 515 g/mol. The van der Waals surface area contributed by atoms with E-state index >= 15 is 0 Å². The van der Waals surface area contributed by atoms with Crippen molar-refractivity contribution in [3.63, 3.8) is 0 Å². The molecule has 0 spiro atoms. The SMILES string of the molecule is CCCCCCCCCCCCCCCCCC(=O)NCCCC(O)(P(=O)(O)O)P(=O)(O)O. The highest BCUT2D eigenvalue weighted by atomic mass is 31.2. The minimum atomic E-state index is -5.44. The zero-order valence-corrected chi connectivity index (χ0v) is 22.1. The Kier molecular flexibility index (Phi) is 17.9. The van der Waals surface area contributed by atoms with Gasteiger partial charge >= 0.3 is 15.2 Å². The van der Waals surface area contributed by atoms with Crippen molar-refractivity contribution >= 4 is 21.1 Å². The van der Waals surface area contributed by atoms with Crippen molar-refractivity contribution in [2.24, 2.45) is 0 Å². The van der Waals surface area contributed by atoms with Crippen LogP contribution < -0.4 is 5.32 Å². The molecule has 0 aliphatic carbocycles. The van der Waals surface area contributed by atoms with Crippen molar-refractivity contribution in [1.29, 1.82) is 0 Å². The van der Waals surface area contributed by atoms with Crippen LogP contribution >= 0.6 is 15.2 Å². The zero-order valence-electron chi connectivity index (χ0n) is 20.3. The third-order valence-electron chi connectivity index (χ3n) is 5.95. The molecule has 0 saturated carbocycles. The molecule has 9 nitrogen and oxygen atoms in total. The maximum atomic E-state index is 11.8. The summed E-state index contributed by atoms with van der Waals surface area (Å²) in [6, 6.07) is 0. The fourth-order valence-electron chi connectivity index (χ4n) is 3.76. The largest absolute Gasteiger partial charge is 0.369 e. The average Bonchev–Trinajstić information content (AvgIpc) is 2.72. The van der Waals surface area contributed by atoms with Crippen LogP contribution in [0.3, 0.4) is 0 Å². The Morgan fingerprint density at radius 3 is 1.39 bits per heavy atom. The van der Waals surface area contributed by atoms with E-state index in [1.807, 2.05) is 0 Å². The fraction of sp³-hybridized carbons (Fsp3) is 0.955. The molecule has 1 amide bonds. The van der Waals surface area contributed by atoms with E-state index in [-0.39, 0.29) is 18.9 Å². The van der Waals surface area contributed by atoms with Crippen molar-refractivity contribution in [2.75, 3.05) is 6.54 Å². The molecule has 0 rings (SSSR count). The van der Waals surface area contributed by atoms with Gasteiger partial charge in [-0.05, 0) is 12.8 Å². The van der Waals surface area contributed by atoms with E-state index in [9.17, 15) is 19.0 Å². The molecule has 0 aromatic heterocycles. The smallest absolute Gasteiger partial charge is 0.368 e. The molecule has 33 heavy (non-hydrogen) atoms. The van der Waals surface area contributed by atoms with Crippen molar-refractivity contribution in [2.45, 2.75) is 128 Å². The zero-order chi connectivity index (χ0) is 25.2. The molecule has 0 unspecified atom stereocenters. The minimum Gasteiger partial charge on any atom is -0.368 e. The number of unbranched alkanes of at least 4 members (excludes halogenated alkanes) is 14. The number of hydrogen-bond donors (Lipinski definition) is 6. The minimum absolute atomic E-state index is 0.0279. The molecule has 0 heterocycles. The highest BCUT2D eigenvalue weighted by Crippen LogP contribution is 2.69. The highest BCUT2D eigenvalue weighted by molar-refractivity contribution is 7.72. The van der Waals surface area contributed by atoms with E-state index in [1.54, 1.807) is 0 Å². The Morgan fingerprint density at radius 2 is 1.03 bits per heavy atom. The molecule has 0 fully saturated rings. The van der Waals surface area contributed by atoms with Crippen LogP contribution in [-0.2, 0) is 13.9 Å². The summed E-state index contributed by atoms with van der Waals surface area (Å²) in [7, 11) is -10.9. The molecule has 0 aromatic rings. The van der Waals surface area contributed by atoms with E-state index in [1.165, 1.54) is 77.0 Å². The van der Waals surface area contributed by atoms with E-state index in [4.69, 9.17) is 19.6 Å². The lowest BCUT2D eigenvalue weighted by atomic mass is 10.0. The van der Waals surface area contributed by atoms with Crippen molar-refractivity contribution in [3.8, 4) is 0 Å². The number of aliphatic hydroxyl groups is 1. The number of carbonyl (C=O) groups excluding carboxylic acids is 1. The van der Waals surface area contributed by atoms with Crippen LogP contribution in [-0.4, -0.2) is 42.2 Å². The highest BCUT2D eigenvalue weighted by Gasteiger charge is 2.58. The van der Waals surface area contributed by atoms with E-state index < -0.39 is 26.7 Å². The predicted octanol–water partition coefficient (Wildman–Crippen LogP) is 5.15. The summed E-state index contributed by atoms with van der Waals surface area (Å²) in [4.78, 5) is 48.1. The molecule has 11 heteroatoms. The Morgan fingerprint density at radius 1 is 0.667 bits per heavy atom. The first kappa shape index (κ1) is 32.7. The summed E-state index contributed by atoms with van der Waals surface area (Å²) < 4.78 is 22.5. The van der Waals surface area contributed by atoms with Crippen molar-refractivity contribution < 1.29 is 38.6 Å². The number of carbonyl (C=O) groups is 1. The van der Waals surface area contributed by atoms with Gasteiger partial charge < -0.3 is 30.0 Å². The molecule has 0 bridgehead atoms. The quantitative estimate of drug-likeness (QED) is 0.0851. The standard InChI is InChI=1S/C22H47NO8P2/c1-2-3-4-5-6-7-8-9-10-11-12-13-14-15-16-18-21(24)23-20-17-19-22(25,32(26,27)28)33(29,30)31/h25H,2-20H2,1H3,(H,23,24)(H2,26,27,28)(H2,29,30,31). The van der Waals surface area contributed by atoms with Crippen LogP contribution in [0.4, 0.5) is 0 Å². The number of rotatable bonds is 22. The van der Waals surface area contributed by atoms with Crippen LogP contribution in [0.2, 0.25) is 0 Å². The van der Waals surface area contributed by atoms with Gasteiger partial charge in [0.25, 0.3) is 5.08 Å². The maximum absolute atomic E-state index is 11.8. The van der Waals surface area contributed by atoms with Crippen LogP contribution in [0, 0.1) is 0 Å². The molecule has 0 atom stereocenters. The van der Waals surface area contributed by atoms with Crippen LogP contribution in [0.15, 0.2) is 0 Å². The summed E-state index contributed by atoms with van der Waals surface area (Å²) in [5, 5.41) is 8.90. The fourth-order valence-corrected chi connectivity index (χ4v) is 6.02. The average molecular weight is 516 g/mol. The van der Waals surface area contributed by atoms with Gasteiger partial charge in [0.1, 0.15) is 0 Å². The molecule has 0 aliphatic heterocycles. The second-order valence-electron chi connectivity index (χ2n) is 9.02. The van der Waals surface area contributed by atoms with Crippen molar-refractivity contribution in [1.82, 2.24) is 5.32 Å². The van der Waals surface area contributed by atoms with E-state index in [0.717, 1.165) is 19.3 Å². The Balaban J connectivity index is 3.62. The number of nitrogens with one attached hydrogen (secondary N) is 1. The second-order valence-corrected chi connectivity index (χ2v) is 13.0. The van der Waals surface area contributed by atoms with Gasteiger partial charge in [-0.3, -0.25) is 13.9 Å². The molecule has 0 aromatic carbocycles. The third kappa shape index (κ3) is 15.4. The van der Waals surface area contributed by atoms with Gasteiger partial charge in [0, 0.05) is 19.4 Å². The normalized spacial score (nSPS) is 12.8. The molecule has 0 aliphatic rings. The topological polar surface area (TPSA) is 164 Å². The summed E-state index contributed by atoms with van der Waals surface area (Å²) >= 11 is 0. The molecule has 0 saturated heterocycles. The van der Waals surface area contributed by atoms with Crippen LogP contribution in [0.1, 0.15) is 122 Å². The Hall–Kier alpha value is -0.270. The summed E-state index contributed by atoms with van der Waals surface area (Å²) in [5.74, 6) is -0.222. The molecule has 0 radical (unpaired) electrons. The lowest BCUT2D eigenvalue weighted by molar-refractivity contribution is -0.121. The van der Waals surface area contributed by atoms with Gasteiger partial charge in [0.15, 0.2) is 0 Å². The first-order valence-corrected chi connectivity index (χ1v) is 15.8. The van der Waals surface area contributed by atoms with E-state index in [2.05, 4.69) is 12.2 Å². The van der Waals surface area contributed by atoms with Gasteiger partial charge in [-0.15, -0.1) is 0 Å². The summed E-state index contributed by atoms with van der Waals surface area (Å²) in [6.45, 7) is 2.21. The van der Waals surface area contributed by atoms with Gasteiger partial charge in [0.05, 0.1) is 0 Å². The van der Waals surface area contributed by atoms with Crippen LogP contribution in [0.25, 0.3) is 0 Å². The molecule has 198 valence electrons. The Labute approximate surface area is 199 Å². The lowest BCUT2D eigenvalue weighted by Crippen LogP contribution is -2.31. The lowest BCUT2D eigenvalue weighted by Gasteiger charge is -2.29. The first-order valence-electron chi connectivity index (χ1n) is 12.6. The van der Waals surface area contributed by atoms with E-state index in [0.29, 0.717) is 6.42 Å². The molecular formula is C22H47NO8P2. The Bertz CT molecular complexity index is 583. The van der Waals surface area contributed by atoms with Crippen LogP contribution in [0.5, 0.6) is 0 Å². The molecule has 6 N–H and O–H groups in total. The predicted molar refractivity (Wildman–Crippen MR) is 131 cm³/mol. The maximum Gasteiger partial charge on any atom is 0.369 e. The van der Waals surface area contributed by atoms with Gasteiger partial charge in [-0.1, -0.05) is 96.8 Å². The summed E-state index contributed by atoms with van der Waals surface area (Å²) in [6.07, 6.45) is 17.9. The number of hydrogen-bond acceptors (Lipinski definition) is 4. The van der Waals surface area contributed by atoms with Crippen molar-refractivity contribution in [3.05, 3.63) is 0 Å². The number of amides is 1.